The third kappa shape index (κ3) is 50.9. The molecule has 36 valence electrons. The van der Waals surface area contributed by atoms with Gasteiger partial charge in [0.05, 0.1) is 0 Å². The van der Waals surface area contributed by atoms with Gasteiger partial charge in [-0.25, -0.2) is 0 Å². The van der Waals surface area contributed by atoms with Gasteiger partial charge in [0, 0.05) is 0 Å². The average Bonchev–Trinajstić information content (AvgIpc) is 1.39. The van der Waals surface area contributed by atoms with Gasteiger partial charge in [0.1, 0.15) is 0 Å². The molecule has 6 heteroatoms. The molecule has 0 aliphatic carbocycles. The second-order valence-electron chi connectivity index (χ2n) is 0.271. The molecule has 0 aliphatic rings. The van der Waals surface area contributed by atoms with Crippen LogP contribution < -0.4 is 5.84 Å². The van der Waals surface area contributed by atoms with Gasteiger partial charge in [-0.15, -0.1) is 0 Å². The first kappa shape index (κ1) is 9.04. The van der Waals surface area contributed by atoms with Crippen molar-refractivity contribution in [1.29, 1.82) is 5.53 Å². The molecule has 0 aromatic rings. The van der Waals surface area contributed by atoms with Crippen molar-refractivity contribution in [1.82, 2.24) is 0 Å². The fraction of sp³-hybridized carbons (Fsp3) is 0. The molecule has 0 aromatic heterocycles. The second kappa shape index (κ2) is 26.2. The molecule has 0 saturated heterocycles. The zero-order valence-electron chi connectivity index (χ0n) is 3.13. The minimum Gasteiger partial charge on any atom is -0.430 e. The van der Waals surface area contributed by atoms with Crippen molar-refractivity contribution < 1.29 is 10.0 Å². The van der Waals surface area contributed by atoms with Crippen LogP contribution in [0.4, 0.5) is 0 Å². The van der Waals surface area contributed by atoms with Crippen LogP contribution in [-0.2, 0) is 0 Å². The van der Waals surface area contributed by atoms with E-state index in [1.165, 1.54) is 0 Å². The van der Waals surface area contributed by atoms with E-state index in [-0.39, 0.29) is 0 Å². The van der Waals surface area contributed by atoms with Gasteiger partial charge in [-0.2, -0.15) is 5.53 Å². The Hall–Kier alpha value is -0.615. The molecule has 5 nitrogen and oxygen atoms in total. The van der Waals surface area contributed by atoms with Crippen LogP contribution in [0, 0.1) is 5.53 Å². The molecule has 0 aromatic carbocycles. The number of hydrogen-bond donors (Lipinski definition) is 4. The van der Waals surface area contributed by atoms with E-state index in [1.807, 2.05) is 0 Å². The number of nitrogens with one attached hydrogen (secondary N) is 1. The normalized spacial score (nSPS) is 4.33. The zero-order valence-corrected chi connectivity index (χ0v) is 3.13. The molecule has 6 heavy (non-hydrogen) atoms. The summed E-state index contributed by atoms with van der Waals surface area (Å²) in [7, 11) is -0.750. The van der Waals surface area contributed by atoms with Crippen molar-refractivity contribution in [3.8, 4) is 0 Å². The molecule has 0 rings (SSSR count). The van der Waals surface area contributed by atoms with E-state index in [0.29, 0.717) is 0 Å². The van der Waals surface area contributed by atoms with E-state index in [9.17, 15) is 0 Å². The molecule has 0 radical (unpaired) electrons. The number of nitrogens with zero attached hydrogens (tertiary/aromatic N) is 1. The van der Waals surface area contributed by atoms with Gasteiger partial charge in [-0.1, -0.05) is 5.22 Å². The topological polar surface area (TPSA) is 103 Å². The molecule has 0 bridgehead atoms. The summed E-state index contributed by atoms with van der Waals surface area (Å²) in [6.45, 7) is 0. The summed E-state index contributed by atoms with van der Waals surface area (Å²) in [4.78, 5) is 0. The van der Waals surface area contributed by atoms with Crippen molar-refractivity contribution in [3.05, 3.63) is 0 Å². The lowest BCUT2D eigenvalue weighted by atomic mass is 10.5. The lowest BCUT2D eigenvalue weighted by Crippen LogP contribution is -1.75. The summed E-state index contributed by atoms with van der Waals surface area (Å²) in [6, 6.07) is 0. The molecule has 0 fully saturated rings. The van der Waals surface area contributed by atoms with E-state index < -0.39 is 7.69 Å². The van der Waals surface area contributed by atoms with Crippen LogP contribution in [0.1, 0.15) is 0 Å². The van der Waals surface area contributed by atoms with Gasteiger partial charge >= 0.3 is 7.69 Å². The van der Waals surface area contributed by atoms with Gasteiger partial charge in [0.25, 0.3) is 0 Å². The van der Waals surface area contributed by atoms with Crippen LogP contribution in [0.15, 0.2) is 5.22 Å². The van der Waals surface area contributed by atoms with Gasteiger partial charge < -0.3 is 15.9 Å². The van der Waals surface area contributed by atoms with Gasteiger partial charge in [0.2, 0.25) is 0 Å². The lowest BCUT2D eigenvalue weighted by Gasteiger charge is -1.48. The Balaban J connectivity index is 0. The van der Waals surface area contributed by atoms with Crippen LogP contribution in [0.25, 0.3) is 0 Å². The quantitative estimate of drug-likeness (QED) is 0.121. The standard InChI is InChI=1S/BH3O2.H3N3/c2-1-3;1-3-2/h1-3H;(H3,1,2). The Bertz CT molecular complexity index is 22.8. The van der Waals surface area contributed by atoms with Crippen LogP contribution >= 0.6 is 0 Å². The SMILES string of the molecule is N=NN.OBO. The van der Waals surface area contributed by atoms with Crippen LogP contribution in [0.3, 0.4) is 0 Å². The first-order valence-electron chi connectivity index (χ1n) is 1.11. The van der Waals surface area contributed by atoms with Crippen molar-refractivity contribution in [2.45, 2.75) is 0 Å². The van der Waals surface area contributed by atoms with E-state index in [4.69, 9.17) is 15.6 Å². The number of nitrogens with two attached hydrogens (primary N) is 1. The fourth-order valence-corrected chi connectivity index (χ4v) is 0. The molecule has 0 saturated carbocycles. The fourth-order valence-electron chi connectivity index (χ4n) is 0. The molecule has 0 spiro atoms. The van der Waals surface area contributed by atoms with Crippen molar-refractivity contribution in [3.63, 3.8) is 0 Å². The maximum absolute atomic E-state index is 7.12. The van der Waals surface area contributed by atoms with Crippen LogP contribution in [0.2, 0.25) is 0 Å². The van der Waals surface area contributed by atoms with Crippen molar-refractivity contribution in [2.24, 2.45) is 11.1 Å². The Morgan fingerprint density at radius 3 is 1.67 bits per heavy atom. The van der Waals surface area contributed by atoms with Gasteiger partial charge in [-0.05, 0) is 0 Å². The average molecular weight is 90.9 g/mol. The summed E-state index contributed by atoms with van der Waals surface area (Å²) in [5.41, 5.74) is 5.61. The zero-order chi connectivity index (χ0) is 5.41. The molecule has 0 heterocycles. The van der Waals surface area contributed by atoms with Crippen molar-refractivity contribution >= 4 is 7.69 Å². The summed E-state index contributed by atoms with van der Waals surface area (Å²) in [5.74, 6) is 4.14. The second-order valence-corrected chi connectivity index (χ2v) is 0.271. The first-order chi connectivity index (χ1) is 2.83. The van der Waals surface area contributed by atoms with Gasteiger partial charge in [0.15, 0.2) is 0 Å². The predicted octanol–water partition coefficient (Wildman–Crippen LogP) is -1.87. The Morgan fingerprint density at radius 1 is 1.67 bits per heavy atom. The molecule has 0 aliphatic heterocycles. The summed E-state index contributed by atoms with van der Waals surface area (Å²) >= 11 is 0. The third-order valence-electron chi connectivity index (χ3n) is 0. The minimum atomic E-state index is -0.750. The van der Waals surface area contributed by atoms with Gasteiger partial charge in [-0.3, -0.25) is 0 Å². The minimum absolute atomic E-state index is 0.750. The summed E-state index contributed by atoms with van der Waals surface area (Å²) in [5, 5.41) is 16.5. The first-order valence-corrected chi connectivity index (χ1v) is 1.11. The predicted molar refractivity (Wildman–Crippen MR) is 20.9 cm³/mol. The maximum atomic E-state index is 7.12. The molecular formula is H6BN3O2. The highest BCUT2D eigenvalue weighted by molar-refractivity contribution is 6.13. The van der Waals surface area contributed by atoms with E-state index in [2.05, 4.69) is 11.1 Å². The highest BCUT2D eigenvalue weighted by Gasteiger charge is 1.48. The molecule has 0 unspecified atom stereocenters. The number of hydrogen-bond acceptors (Lipinski definition) is 4. The molecule has 0 atom stereocenters. The monoisotopic (exact) mass is 91.1 g/mol. The Kier molecular flexibility index (Phi) is 39.5. The highest BCUT2D eigenvalue weighted by Crippen LogP contribution is 1.13. The Morgan fingerprint density at radius 2 is 1.67 bits per heavy atom. The molecular weight excluding hydrogens is 84.8 g/mol. The molecule has 0 amide bonds. The van der Waals surface area contributed by atoms with Crippen LogP contribution in [0.5, 0.6) is 0 Å². The highest BCUT2D eigenvalue weighted by atomic mass is 16.4. The summed E-state index contributed by atoms with van der Waals surface area (Å²) < 4.78 is 0. The summed E-state index contributed by atoms with van der Waals surface area (Å²) in [6.07, 6.45) is 0. The van der Waals surface area contributed by atoms with E-state index in [0.717, 1.165) is 0 Å². The van der Waals surface area contributed by atoms with Crippen molar-refractivity contribution in [2.75, 3.05) is 0 Å². The Labute approximate surface area is 35.6 Å². The smallest absolute Gasteiger partial charge is 0.430 e. The largest absolute Gasteiger partial charge is 0.432 e. The van der Waals surface area contributed by atoms with Crippen LogP contribution in [-0.4, -0.2) is 17.7 Å². The van der Waals surface area contributed by atoms with E-state index in [1.54, 1.807) is 0 Å². The molecule has 5 N–H and O–H groups in total. The van der Waals surface area contributed by atoms with E-state index >= 15 is 0 Å². The third-order valence-corrected chi connectivity index (χ3v) is 0. The number of rotatable bonds is 0. The maximum Gasteiger partial charge on any atom is 0.432 e. The lowest BCUT2D eigenvalue weighted by molar-refractivity contribution is 0.448.